The topological polar surface area (TPSA) is 49.4 Å². The van der Waals surface area contributed by atoms with Crippen molar-refractivity contribution in [1.82, 2.24) is 0 Å². The molecule has 2 aliphatic rings. The third-order valence-electron chi connectivity index (χ3n) is 6.22. The van der Waals surface area contributed by atoms with E-state index in [0.29, 0.717) is 5.56 Å². The van der Waals surface area contributed by atoms with Gasteiger partial charge in [-0.05, 0) is 65.9 Å². The van der Waals surface area contributed by atoms with Crippen LogP contribution < -0.4 is 10.2 Å². The second kappa shape index (κ2) is 7.36. The van der Waals surface area contributed by atoms with Crippen LogP contribution in [0.5, 0.6) is 0 Å². The average Bonchev–Trinajstić information content (AvgIpc) is 3.43. The minimum absolute atomic E-state index is 0.118. The highest BCUT2D eigenvalue weighted by molar-refractivity contribution is 6.07. The molecule has 0 saturated heterocycles. The molecule has 1 aliphatic heterocycles. The van der Waals surface area contributed by atoms with Crippen molar-refractivity contribution in [2.24, 2.45) is 5.92 Å². The van der Waals surface area contributed by atoms with Gasteiger partial charge in [0, 0.05) is 29.4 Å². The van der Waals surface area contributed by atoms with Gasteiger partial charge in [0.1, 0.15) is 0 Å². The van der Waals surface area contributed by atoms with Crippen molar-refractivity contribution in [2.45, 2.75) is 32.1 Å². The molecule has 1 N–H and O–H groups in total. The molecule has 29 heavy (non-hydrogen) atoms. The molecule has 146 valence electrons. The molecule has 4 heteroatoms. The Morgan fingerprint density at radius 1 is 0.897 bits per heavy atom. The van der Waals surface area contributed by atoms with E-state index in [1.165, 1.54) is 0 Å². The molecule has 0 bridgehead atoms. The van der Waals surface area contributed by atoms with Gasteiger partial charge in [-0.3, -0.25) is 9.59 Å². The van der Waals surface area contributed by atoms with Crippen molar-refractivity contribution in [3.63, 3.8) is 0 Å². The molecule has 1 saturated carbocycles. The number of rotatable bonds is 3. The Morgan fingerprint density at radius 3 is 2.52 bits per heavy atom. The molecule has 0 spiro atoms. The number of hydrogen-bond donors (Lipinski definition) is 1. The Bertz CT molecular complexity index is 1100. The van der Waals surface area contributed by atoms with E-state index in [4.69, 9.17) is 0 Å². The molecule has 1 aliphatic carbocycles. The summed E-state index contributed by atoms with van der Waals surface area (Å²) in [5, 5.41) is 5.18. The number of hydrogen-bond acceptors (Lipinski definition) is 2. The highest BCUT2D eigenvalue weighted by Gasteiger charge is 2.31. The predicted octanol–water partition coefficient (Wildman–Crippen LogP) is 5.17. The minimum atomic E-state index is -0.118. The van der Waals surface area contributed by atoms with Crippen LogP contribution in [0.25, 0.3) is 10.8 Å². The molecule has 4 nitrogen and oxygen atoms in total. The molecule has 3 aromatic rings. The SMILES string of the molecule is O=C(Nc1ccc2c(c1)CCN2C(=O)C1CCCC1)c1ccc2ccccc2c1. The number of anilines is 2. The lowest BCUT2D eigenvalue weighted by Crippen LogP contribution is -2.33. The number of carbonyl (C=O) groups excluding carboxylic acids is 2. The van der Waals surface area contributed by atoms with Gasteiger partial charge in [-0.2, -0.15) is 0 Å². The molecular formula is C25H24N2O2. The monoisotopic (exact) mass is 384 g/mol. The van der Waals surface area contributed by atoms with Crippen molar-refractivity contribution >= 4 is 34.0 Å². The zero-order valence-corrected chi connectivity index (χ0v) is 16.4. The van der Waals surface area contributed by atoms with Crippen LogP contribution >= 0.6 is 0 Å². The quantitative estimate of drug-likeness (QED) is 0.677. The third kappa shape index (κ3) is 3.39. The van der Waals surface area contributed by atoms with Crippen molar-refractivity contribution in [2.75, 3.05) is 16.8 Å². The summed E-state index contributed by atoms with van der Waals surface area (Å²) < 4.78 is 0. The maximum absolute atomic E-state index is 12.8. The van der Waals surface area contributed by atoms with Crippen LogP contribution in [0.3, 0.4) is 0 Å². The van der Waals surface area contributed by atoms with Crippen molar-refractivity contribution in [3.8, 4) is 0 Å². The maximum Gasteiger partial charge on any atom is 0.255 e. The summed E-state index contributed by atoms with van der Waals surface area (Å²) in [7, 11) is 0. The molecule has 0 radical (unpaired) electrons. The Morgan fingerprint density at radius 2 is 1.69 bits per heavy atom. The summed E-state index contributed by atoms with van der Waals surface area (Å²) in [5.41, 5.74) is 3.55. The van der Waals surface area contributed by atoms with Crippen molar-refractivity contribution < 1.29 is 9.59 Å². The second-order valence-electron chi connectivity index (χ2n) is 8.08. The van der Waals surface area contributed by atoms with Gasteiger partial charge in [-0.1, -0.05) is 43.2 Å². The van der Waals surface area contributed by atoms with E-state index in [-0.39, 0.29) is 17.7 Å². The molecule has 1 fully saturated rings. The normalized spacial score (nSPS) is 16.2. The summed E-state index contributed by atoms with van der Waals surface area (Å²) >= 11 is 0. The van der Waals surface area contributed by atoms with Crippen LogP contribution in [0.4, 0.5) is 11.4 Å². The predicted molar refractivity (Wildman–Crippen MR) is 116 cm³/mol. The van der Waals surface area contributed by atoms with Gasteiger partial charge < -0.3 is 10.2 Å². The van der Waals surface area contributed by atoms with Crippen molar-refractivity contribution in [3.05, 3.63) is 71.8 Å². The largest absolute Gasteiger partial charge is 0.322 e. The Kier molecular flexibility index (Phi) is 4.55. The lowest BCUT2D eigenvalue weighted by Gasteiger charge is -2.21. The summed E-state index contributed by atoms with van der Waals surface area (Å²) in [6.45, 7) is 0.743. The standard InChI is InChI=1S/C25H24N2O2/c28-24(21-10-9-17-5-1-4-8-19(17)15-21)26-22-11-12-23-20(16-22)13-14-27(23)25(29)18-6-2-3-7-18/h1,4-5,8-12,15-16,18H,2-3,6-7,13-14H2,(H,26,28). The highest BCUT2D eigenvalue weighted by atomic mass is 16.2. The lowest BCUT2D eigenvalue weighted by molar-refractivity contribution is -0.122. The number of nitrogens with zero attached hydrogens (tertiary/aromatic N) is 1. The average molecular weight is 384 g/mol. The van der Waals surface area contributed by atoms with Gasteiger partial charge in [0.2, 0.25) is 5.91 Å². The molecule has 5 rings (SSSR count). The van der Waals surface area contributed by atoms with Gasteiger partial charge in [0.05, 0.1) is 0 Å². The van der Waals surface area contributed by atoms with Gasteiger partial charge in [-0.15, -0.1) is 0 Å². The summed E-state index contributed by atoms with van der Waals surface area (Å²) in [6, 6.07) is 19.6. The number of nitrogens with one attached hydrogen (secondary N) is 1. The van der Waals surface area contributed by atoms with E-state index in [1.54, 1.807) is 0 Å². The van der Waals surface area contributed by atoms with Gasteiger partial charge >= 0.3 is 0 Å². The molecular weight excluding hydrogens is 360 g/mol. The van der Waals surface area contributed by atoms with E-state index in [2.05, 4.69) is 5.32 Å². The Labute approximate surface area is 170 Å². The molecule has 3 aromatic carbocycles. The zero-order chi connectivity index (χ0) is 19.8. The molecule has 0 atom stereocenters. The first-order valence-corrected chi connectivity index (χ1v) is 10.4. The van der Waals surface area contributed by atoms with Crippen LogP contribution in [0.2, 0.25) is 0 Å². The van der Waals surface area contributed by atoms with E-state index in [1.807, 2.05) is 65.6 Å². The van der Waals surface area contributed by atoms with E-state index in [9.17, 15) is 9.59 Å². The van der Waals surface area contributed by atoms with Crippen molar-refractivity contribution in [1.29, 1.82) is 0 Å². The van der Waals surface area contributed by atoms with Crippen LogP contribution in [-0.4, -0.2) is 18.4 Å². The molecule has 1 heterocycles. The lowest BCUT2D eigenvalue weighted by atomic mass is 10.1. The second-order valence-corrected chi connectivity index (χ2v) is 8.08. The maximum atomic E-state index is 12.8. The fourth-order valence-corrected chi connectivity index (χ4v) is 4.64. The fraction of sp³-hybridized carbons (Fsp3) is 0.280. The Balaban J connectivity index is 1.33. The number of fused-ring (bicyclic) bond motifs is 2. The highest BCUT2D eigenvalue weighted by Crippen LogP contribution is 2.35. The first-order valence-electron chi connectivity index (χ1n) is 10.4. The fourth-order valence-electron chi connectivity index (χ4n) is 4.64. The molecule has 0 unspecified atom stereocenters. The van der Waals surface area contributed by atoms with Gasteiger partial charge in [0.25, 0.3) is 5.91 Å². The van der Waals surface area contributed by atoms with Crippen LogP contribution in [0.15, 0.2) is 60.7 Å². The number of carbonyl (C=O) groups is 2. The van der Waals surface area contributed by atoms with Crippen LogP contribution in [-0.2, 0) is 11.2 Å². The molecule has 0 aromatic heterocycles. The number of benzene rings is 3. The van der Waals surface area contributed by atoms with Crippen LogP contribution in [0.1, 0.15) is 41.6 Å². The Hall–Kier alpha value is -3.14. The van der Waals surface area contributed by atoms with E-state index < -0.39 is 0 Å². The van der Waals surface area contributed by atoms with E-state index in [0.717, 1.165) is 66.4 Å². The third-order valence-corrected chi connectivity index (χ3v) is 6.22. The van der Waals surface area contributed by atoms with Gasteiger partial charge in [0.15, 0.2) is 0 Å². The molecule has 2 amide bonds. The summed E-state index contributed by atoms with van der Waals surface area (Å²) in [6.07, 6.45) is 5.20. The number of amides is 2. The smallest absolute Gasteiger partial charge is 0.255 e. The zero-order valence-electron chi connectivity index (χ0n) is 16.4. The summed E-state index contributed by atoms with van der Waals surface area (Å²) in [5.74, 6) is 0.343. The summed E-state index contributed by atoms with van der Waals surface area (Å²) in [4.78, 5) is 27.5. The van der Waals surface area contributed by atoms with Crippen LogP contribution in [0, 0.1) is 5.92 Å². The minimum Gasteiger partial charge on any atom is -0.322 e. The first-order chi connectivity index (χ1) is 14.2. The van der Waals surface area contributed by atoms with Gasteiger partial charge in [-0.25, -0.2) is 0 Å². The van der Waals surface area contributed by atoms with E-state index >= 15 is 0 Å². The first kappa shape index (κ1) is 17.9.